The van der Waals surface area contributed by atoms with Gasteiger partial charge in [0.05, 0.1) is 25.9 Å². The van der Waals surface area contributed by atoms with Gasteiger partial charge in [0.2, 0.25) is 0 Å². The molecule has 4 aromatic rings. The standard InChI is InChI=1S/C24H26N4O3/c1-15-21-11-17(5-6-22(21)28-27-15)18-10-20(13-26-12-18)31-14-19(25)8-16-4-7-23(29-2)24(9-16)30-3/h4-7,9-13,19H,8,14,25H2,1-3H3,(H,27,28). The zero-order valence-electron chi connectivity index (χ0n) is 17.9. The van der Waals surface area contributed by atoms with Crippen LogP contribution in [-0.4, -0.2) is 42.0 Å². The topological polar surface area (TPSA) is 95.3 Å². The second-order valence-corrected chi connectivity index (χ2v) is 7.45. The molecule has 0 aliphatic carbocycles. The molecule has 2 heterocycles. The highest BCUT2D eigenvalue weighted by molar-refractivity contribution is 5.86. The molecule has 0 fully saturated rings. The van der Waals surface area contributed by atoms with E-state index in [4.69, 9.17) is 19.9 Å². The van der Waals surface area contributed by atoms with Crippen LogP contribution < -0.4 is 19.9 Å². The SMILES string of the molecule is COc1ccc(CC(N)COc2cncc(-c3ccc4n[nH]c(C)c4c3)c2)cc1OC. The molecule has 0 bridgehead atoms. The van der Waals surface area contributed by atoms with Gasteiger partial charge >= 0.3 is 0 Å². The summed E-state index contributed by atoms with van der Waals surface area (Å²) in [4.78, 5) is 4.34. The molecule has 160 valence electrons. The molecule has 31 heavy (non-hydrogen) atoms. The molecule has 2 aromatic heterocycles. The first-order chi connectivity index (χ1) is 15.1. The molecule has 7 heteroatoms. The maximum Gasteiger partial charge on any atom is 0.160 e. The van der Waals surface area contributed by atoms with Gasteiger partial charge in [-0.1, -0.05) is 12.1 Å². The number of H-pyrrole nitrogens is 1. The molecule has 1 atom stereocenters. The second kappa shape index (κ2) is 9.06. The van der Waals surface area contributed by atoms with Gasteiger partial charge in [-0.3, -0.25) is 10.1 Å². The summed E-state index contributed by atoms with van der Waals surface area (Å²) in [6.45, 7) is 2.38. The lowest BCUT2D eigenvalue weighted by molar-refractivity contribution is 0.286. The monoisotopic (exact) mass is 418 g/mol. The summed E-state index contributed by atoms with van der Waals surface area (Å²) in [6.07, 6.45) is 4.19. The molecule has 7 nitrogen and oxygen atoms in total. The fourth-order valence-corrected chi connectivity index (χ4v) is 3.55. The maximum atomic E-state index is 6.30. The largest absolute Gasteiger partial charge is 0.493 e. The van der Waals surface area contributed by atoms with Crippen LogP contribution in [0.2, 0.25) is 0 Å². The Morgan fingerprint density at radius 1 is 0.968 bits per heavy atom. The number of nitrogens with two attached hydrogens (primary N) is 1. The van der Waals surface area contributed by atoms with E-state index in [-0.39, 0.29) is 6.04 Å². The Hall–Kier alpha value is -3.58. The molecule has 3 N–H and O–H groups in total. The first-order valence-corrected chi connectivity index (χ1v) is 10.1. The van der Waals surface area contributed by atoms with Crippen LogP contribution in [0.5, 0.6) is 17.2 Å². The molecule has 0 aliphatic rings. The summed E-state index contributed by atoms with van der Waals surface area (Å²) in [5.74, 6) is 2.07. The van der Waals surface area contributed by atoms with E-state index in [1.54, 1.807) is 20.4 Å². The van der Waals surface area contributed by atoms with Gasteiger partial charge in [0.15, 0.2) is 11.5 Å². The average molecular weight is 418 g/mol. The number of aryl methyl sites for hydroxylation is 1. The van der Waals surface area contributed by atoms with Crippen LogP contribution >= 0.6 is 0 Å². The van der Waals surface area contributed by atoms with Gasteiger partial charge in [-0.2, -0.15) is 5.10 Å². The summed E-state index contributed by atoms with van der Waals surface area (Å²) in [5.41, 5.74) is 11.4. The van der Waals surface area contributed by atoms with E-state index in [1.807, 2.05) is 49.5 Å². The van der Waals surface area contributed by atoms with Crippen LogP contribution in [0.3, 0.4) is 0 Å². The average Bonchev–Trinajstić information content (AvgIpc) is 3.18. The first-order valence-electron chi connectivity index (χ1n) is 10.1. The highest BCUT2D eigenvalue weighted by Gasteiger charge is 2.11. The van der Waals surface area contributed by atoms with Crippen molar-refractivity contribution in [3.05, 3.63) is 66.1 Å². The lowest BCUT2D eigenvalue weighted by atomic mass is 10.0. The normalized spacial score (nSPS) is 12.0. The quantitative estimate of drug-likeness (QED) is 0.451. The summed E-state index contributed by atoms with van der Waals surface area (Å²) < 4.78 is 16.6. The number of benzene rings is 2. The van der Waals surface area contributed by atoms with E-state index in [0.29, 0.717) is 30.3 Å². The van der Waals surface area contributed by atoms with Crippen molar-refractivity contribution in [3.8, 4) is 28.4 Å². The lowest BCUT2D eigenvalue weighted by Crippen LogP contribution is -2.30. The third-order valence-corrected chi connectivity index (χ3v) is 5.20. The second-order valence-electron chi connectivity index (χ2n) is 7.45. The maximum absolute atomic E-state index is 6.30. The number of methoxy groups -OCH3 is 2. The van der Waals surface area contributed by atoms with Crippen molar-refractivity contribution >= 4 is 10.9 Å². The molecule has 0 aliphatic heterocycles. The fourth-order valence-electron chi connectivity index (χ4n) is 3.55. The molecule has 1 unspecified atom stereocenters. The number of nitrogens with one attached hydrogen (secondary N) is 1. The molecule has 0 saturated carbocycles. The number of aromatic nitrogens is 3. The van der Waals surface area contributed by atoms with Crippen LogP contribution in [0.4, 0.5) is 0 Å². The van der Waals surface area contributed by atoms with Gasteiger partial charge in [-0.25, -0.2) is 0 Å². The Morgan fingerprint density at radius 2 is 1.81 bits per heavy atom. The number of pyridine rings is 1. The summed E-state index contributed by atoms with van der Waals surface area (Å²) >= 11 is 0. The molecule has 0 radical (unpaired) electrons. The Balaban J connectivity index is 1.42. The number of rotatable bonds is 8. The van der Waals surface area contributed by atoms with E-state index in [2.05, 4.69) is 21.2 Å². The number of hydrogen-bond donors (Lipinski definition) is 2. The van der Waals surface area contributed by atoms with Gasteiger partial charge < -0.3 is 19.9 Å². The predicted octanol–water partition coefficient (Wildman–Crippen LogP) is 3.90. The van der Waals surface area contributed by atoms with Crippen molar-refractivity contribution < 1.29 is 14.2 Å². The van der Waals surface area contributed by atoms with Crippen molar-refractivity contribution in [1.82, 2.24) is 15.2 Å². The van der Waals surface area contributed by atoms with Gasteiger partial charge in [0, 0.05) is 28.9 Å². The van der Waals surface area contributed by atoms with Gasteiger partial charge in [-0.15, -0.1) is 0 Å². The van der Waals surface area contributed by atoms with Gasteiger partial charge in [0.25, 0.3) is 0 Å². The zero-order valence-corrected chi connectivity index (χ0v) is 17.9. The van der Waals surface area contributed by atoms with Crippen molar-refractivity contribution in [3.63, 3.8) is 0 Å². The molecule has 0 saturated heterocycles. The third-order valence-electron chi connectivity index (χ3n) is 5.20. The number of ether oxygens (including phenoxy) is 3. The number of fused-ring (bicyclic) bond motifs is 1. The summed E-state index contributed by atoms with van der Waals surface area (Å²) in [7, 11) is 3.24. The van der Waals surface area contributed by atoms with Gasteiger partial charge in [0.1, 0.15) is 12.4 Å². The van der Waals surface area contributed by atoms with Crippen LogP contribution in [-0.2, 0) is 6.42 Å². The number of nitrogens with zero attached hydrogens (tertiary/aromatic N) is 2. The minimum atomic E-state index is -0.174. The number of aromatic amines is 1. The molecule has 0 spiro atoms. The molecule has 2 aromatic carbocycles. The molecule has 4 rings (SSSR count). The Morgan fingerprint density at radius 3 is 2.61 bits per heavy atom. The molecule has 0 amide bonds. The summed E-state index contributed by atoms with van der Waals surface area (Å²) in [5, 5.41) is 8.39. The van der Waals surface area contributed by atoms with Gasteiger partial charge in [-0.05, 0) is 54.8 Å². The van der Waals surface area contributed by atoms with Crippen molar-refractivity contribution in [2.45, 2.75) is 19.4 Å². The summed E-state index contributed by atoms with van der Waals surface area (Å²) in [6, 6.07) is 13.8. The highest BCUT2D eigenvalue weighted by atomic mass is 16.5. The van der Waals surface area contributed by atoms with Crippen molar-refractivity contribution in [1.29, 1.82) is 0 Å². The van der Waals surface area contributed by atoms with Crippen LogP contribution in [0, 0.1) is 6.92 Å². The highest BCUT2D eigenvalue weighted by Crippen LogP contribution is 2.29. The Bertz CT molecular complexity index is 1190. The smallest absolute Gasteiger partial charge is 0.160 e. The van der Waals surface area contributed by atoms with Crippen LogP contribution in [0.25, 0.3) is 22.0 Å². The minimum Gasteiger partial charge on any atom is -0.493 e. The third kappa shape index (κ3) is 4.62. The molecular formula is C24H26N4O3. The van der Waals surface area contributed by atoms with E-state index in [9.17, 15) is 0 Å². The zero-order chi connectivity index (χ0) is 21.8. The van der Waals surface area contributed by atoms with Crippen LogP contribution in [0.15, 0.2) is 54.9 Å². The minimum absolute atomic E-state index is 0.174. The van der Waals surface area contributed by atoms with E-state index < -0.39 is 0 Å². The van der Waals surface area contributed by atoms with E-state index >= 15 is 0 Å². The number of hydrogen-bond acceptors (Lipinski definition) is 6. The van der Waals surface area contributed by atoms with Crippen LogP contribution in [0.1, 0.15) is 11.3 Å². The Labute approximate surface area is 181 Å². The predicted molar refractivity (Wildman–Crippen MR) is 121 cm³/mol. The van der Waals surface area contributed by atoms with Crippen molar-refractivity contribution in [2.24, 2.45) is 5.73 Å². The van der Waals surface area contributed by atoms with E-state index in [0.717, 1.165) is 33.3 Å². The molecular weight excluding hydrogens is 392 g/mol. The van der Waals surface area contributed by atoms with Crippen molar-refractivity contribution in [2.75, 3.05) is 20.8 Å². The first kappa shape index (κ1) is 20.7. The lowest BCUT2D eigenvalue weighted by Gasteiger charge is -2.15. The van der Waals surface area contributed by atoms with E-state index in [1.165, 1.54) is 0 Å². The fraction of sp³-hybridized carbons (Fsp3) is 0.250. The Kier molecular flexibility index (Phi) is 6.04.